The maximum atomic E-state index is 10.7. The zero-order chi connectivity index (χ0) is 15.7. The van der Waals surface area contributed by atoms with Crippen LogP contribution in [0.1, 0.15) is 31.2 Å². The topological polar surface area (TPSA) is 102 Å². The molecule has 0 heterocycles. The lowest BCUT2D eigenvalue weighted by Crippen LogP contribution is -2.16. The van der Waals surface area contributed by atoms with Crippen molar-refractivity contribution in [3.8, 4) is 17.6 Å². The van der Waals surface area contributed by atoms with Crippen molar-refractivity contribution in [3.63, 3.8) is 0 Å². The van der Waals surface area contributed by atoms with E-state index in [1.54, 1.807) is 18.2 Å². The van der Waals surface area contributed by atoms with Gasteiger partial charge in [0.15, 0.2) is 0 Å². The van der Waals surface area contributed by atoms with Crippen molar-refractivity contribution in [2.45, 2.75) is 25.7 Å². The average Bonchev–Trinajstić information content (AvgIpc) is 2.44. The van der Waals surface area contributed by atoms with Crippen molar-refractivity contribution in [2.24, 2.45) is 5.14 Å². The zero-order valence-electron chi connectivity index (χ0n) is 12.0. The quantitative estimate of drug-likeness (QED) is 0.700. The third-order valence-electron chi connectivity index (χ3n) is 2.84. The number of rotatable bonds is 9. The van der Waals surface area contributed by atoms with Gasteiger partial charge in [0.25, 0.3) is 0 Å². The van der Waals surface area contributed by atoms with Gasteiger partial charge in [-0.25, -0.2) is 13.6 Å². The summed E-state index contributed by atoms with van der Waals surface area (Å²) in [6.07, 6.45) is 3.03. The zero-order valence-corrected chi connectivity index (χ0v) is 12.9. The normalized spacial score (nSPS) is 10.9. The number of nitrogens with zero attached hydrogens (tertiary/aromatic N) is 1. The smallest absolute Gasteiger partial charge is 0.209 e. The van der Waals surface area contributed by atoms with E-state index >= 15 is 0 Å². The summed E-state index contributed by atoms with van der Waals surface area (Å²) in [5.41, 5.74) is 0.484. The van der Waals surface area contributed by atoms with Gasteiger partial charge in [-0.1, -0.05) is 12.8 Å². The number of nitriles is 1. The van der Waals surface area contributed by atoms with Gasteiger partial charge in [0.1, 0.15) is 11.5 Å². The molecule has 0 aliphatic carbocycles. The standard InChI is InChI=1S/C14H20N2O4S/c1-19-13-8-12(11-15)9-14(10-13)20-6-4-2-3-5-7-21(16,17)18/h8-10H,2-7H2,1H3,(H2,16,17,18). The number of ether oxygens (including phenoxy) is 2. The average molecular weight is 312 g/mol. The van der Waals surface area contributed by atoms with E-state index in [9.17, 15) is 8.42 Å². The van der Waals surface area contributed by atoms with Crippen LogP contribution in [0.4, 0.5) is 0 Å². The molecular weight excluding hydrogens is 292 g/mol. The molecule has 0 saturated carbocycles. The van der Waals surface area contributed by atoms with Crippen molar-refractivity contribution in [2.75, 3.05) is 19.5 Å². The Labute approximate surface area is 125 Å². The molecule has 2 N–H and O–H groups in total. The van der Waals surface area contributed by atoms with Crippen LogP contribution < -0.4 is 14.6 Å². The first-order chi connectivity index (χ1) is 9.94. The molecule has 0 bridgehead atoms. The minimum atomic E-state index is -3.35. The number of hydrogen-bond donors (Lipinski definition) is 1. The Balaban J connectivity index is 2.28. The molecule has 0 saturated heterocycles. The molecule has 0 aliphatic heterocycles. The Morgan fingerprint density at radius 3 is 2.43 bits per heavy atom. The van der Waals surface area contributed by atoms with Gasteiger partial charge in [-0.15, -0.1) is 0 Å². The van der Waals surface area contributed by atoms with Crippen LogP contribution in [0.15, 0.2) is 18.2 Å². The van der Waals surface area contributed by atoms with Crippen molar-refractivity contribution in [1.82, 2.24) is 0 Å². The fourth-order valence-electron chi connectivity index (χ4n) is 1.79. The van der Waals surface area contributed by atoms with Gasteiger partial charge in [0, 0.05) is 6.07 Å². The fourth-order valence-corrected chi connectivity index (χ4v) is 2.39. The third kappa shape index (κ3) is 7.54. The van der Waals surface area contributed by atoms with Crippen molar-refractivity contribution >= 4 is 10.0 Å². The Morgan fingerprint density at radius 2 is 1.81 bits per heavy atom. The lowest BCUT2D eigenvalue weighted by atomic mass is 10.2. The molecule has 1 aromatic carbocycles. The SMILES string of the molecule is COc1cc(C#N)cc(OCCCCCCS(N)(=O)=O)c1. The molecule has 6 nitrogen and oxygen atoms in total. The maximum absolute atomic E-state index is 10.7. The third-order valence-corrected chi connectivity index (χ3v) is 3.69. The highest BCUT2D eigenvalue weighted by molar-refractivity contribution is 7.89. The summed E-state index contributed by atoms with van der Waals surface area (Å²) in [4.78, 5) is 0. The van der Waals surface area contributed by atoms with Crippen molar-refractivity contribution < 1.29 is 17.9 Å². The highest BCUT2D eigenvalue weighted by atomic mass is 32.2. The van der Waals surface area contributed by atoms with Crippen LogP contribution in [-0.2, 0) is 10.0 Å². The molecule has 0 amide bonds. The van der Waals surface area contributed by atoms with Crippen LogP contribution in [0.5, 0.6) is 11.5 Å². The molecule has 0 aliphatic rings. The van der Waals surface area contributed by atoms with Crippen molar-refractivity contribution in [1.29, 1.82) is 5.26 Å². The number of benzene rings is 1. The number of methoxy groups -OCH3 is 1. The first-order valence-corrected chi connectivity index (χ1v) is 8.38. The molecule has 1 rings (SSSR count). The summed E-state index contributed by atoms with van der Waals surface area (Å²) in [5, 5.41) is 13.8. The van der Waals surface area contributed by atoms with Crippen LogP contribution in [-0.4, -0.2) is 27.9 Å². The van der Waals surface area contributed by atoms with E-state index in [1.165, 1.54) is 7.11 Å². The van der Waals surface area contributed by atoms with Crippen LogP contribution >= 0.6 is 0 Å². The summed E-state index contributed by atoms with van der Waals surface area (Å²) < 4.78 is 32.1. The van der Waals surface area contributed by atoms with E-state index in [0.29, 0.717) is 30.1 Å². The first kappa shape index (κ1) is 17.3. The summed E-state index contributed by atoms with van der Waals surface area (Å²) in [6, 6.07) is 7.07. The fraction of sp³-hybridized carbons (Fsp3) is 0.500. The van der Waals surface area contributed by atoms with Gasteiger partial charge in [-0.3, -0.25) is 0 Å². The van der Waals surface area contributed by atoms with E-state index < -0.39 is 10.0 Å². The van der Waals surface area contributed by atoms with E-state index in [4.69, 9.17) is 19.9 Å². The first-order valence-electron chi connectivity index (χ1n) is 6.67. The predicted molar refractivity (Wildman–Crippen MR) is 79.6 cm³/mol. The molecule has 0 spiro atoms. The Morgan fingerprint density at radius 1 is 1.14 bits per heavy atom. The van der Waals surface area contributed by atoms with Gasteiger partial charge in [-0.2, -0.15) is 5.26 Å². The number of primary sulfonamides is 1. The largest absolute Gasteiger partial charge is 0.497 e. The second kappa shape index (κ2) is 8.49. The highest BCUT2D eigenvalue weighted by Gasteiger charge is 2.03. The lowest BCUT2D eigenvalue weighted by Gasteiger charge is -2.08. The minimum absolute atomic E-state index is 0.0231. The van der Waals surface area contributed by atoms with Gasteiger partial charge >= 0.3 is 0 Å². The minimum Gasteiger partial charge on any atom is -0.497 e. The van der Waals surface area contributed by atoms with E-state index in [0.717, 1.165) is 19.3 Å². The lowest BCUT2D eigenvalue weighted by molar-refractivity contribution is 0.302. The van der Waals surface area contributed by atoms with Crippen LogP contribution in [0, 0.1) is 11.3 Å². The Bertz CT molecular complexity index is 593. The van der Waals surface area contributed by atoms with Crippen molar-refractivity contribution in [3.05, 3.63) is 23.8 Å². The Hall–Kier alpha value is -1.78. The summed E-state index contributed by atoms with van der Waals surface area (Å²) >= 11 is 0. The molecule has 0 radical (unpaired) electrons. The van der Waals surface area contributed by atoms with Gasteiger partial charge in [-0.05, 0) is 25.0 Å². The van der Waals surface area contributed by atoms with E-state index in [-0.39, 0.29) is 5.75 Å². The predicted octanol–water partition coefficient (Wildman–Crippen LogP) is 1.79. The van der Waals surface area contributed by atoms with Crippen LogP contribution in [0.3, 0.4) is 0 Å². The number of hydrogen-bond acceptors (Lipinski definition) is 5. The molecule has 0 unspecified atom stereocenters. The number of sulfonamides is 1. The monoisotopic (exact) mass is 312 g/mol. The molecule has 0 atom stereocenters. The number of nitrogens with two attached hydrogens (primary N) is 1. The van der Waals surface area contributed by atoms with Crippen LogP contribution in [0.25, 0.3) is 0 Å². The van der Waals surface area contributed by atoms with Gasteiger partial charge < -0.3 is 9.47 Å². The van der Waals surface area contributed by atoms with Crippen LogP contribution in [0.2, 0.25) is 0 Å². The molecule has 7 heteroatoms. The highest BCUT2D eigenvalue weighted by Crippen LogP contribution is 2.22. The second-order valence-corrected chi connectivity index (χ2v) is 6.37. The molecule has 21 heavy (non-hydrogen) atoms. The molecule has 0 fully saturated rings. The van der Waals surface area contributed by atoms with Gasteiger partial charge in [0.2, 0.25) is 10.0 Å². The second-order valence-electron chi connectivity index (χ2n) is 4.64. The molecule has 1 aromatic rings. The summed E-state index contributed by atoms with van der Waals surface area (Å²) in [6.45, 7) is 0.507. The molecule has 116 valence electrons. The summed E-state index contributed by atoms with van der Waals surface area (Å²) in [5.74, 6) is 1.20. The van der Waals surface area contributed by atoms with E-state index in [2.05, 4.69) is 0 Å². The number of unbranched alkanes of at least 4 members (excludes halogenated alkanes) is 3. The molecule has 0 aromatic heterocycles. The van der Waals surface area contributed by atoms with E-state index in [1.807, 2.05) is 6.07 Å². The maximum Gasteiger partial charge on any atom is 0.209 e. The Kier molecular flexibility index (Phi) is 6.99. The molecular formula is C14H20N2O4S. The van der Waals surface area contributed by atoms with Gasteiger partial charge in [0.05, 0.1) is 31.1 Å². The summed E-state index contributed by atoms with van der Waals surface area (Å²) in [7, 11) is -1.82.